The van der Waals surface area contributed by atoms with Gasteiger partial charge in [0.25, 0.3) is 0 Å². The van der Waals surface area contributed by atoms with Crippen molar-refractivity contribution in [2.45, 2.75) is 50.7 Å². The molecule has 174 valence electrons. The van der Waals surface area contributed by atoms with E-state index in [4.69, 9.17) is 14.2 Å². The molecule has 0 bridgehead atoms. The van der Waals surface area contributed by atoms with Gasteiger partial charge < -0.3 is 19.1 Å². The average molecular weight is 441 g/mol. The Labute approximate surface area is 191 Å². The van der Waals surface area contributed by atoms with E-state index in [0.29, 0.717) is 11.8 Å². The van der Waals surface area contributed by atoms with Crippen molar-refractivity contribution in [3.8, 4) is 5.75 Å². The third-order valence-corrected chi connectivity index (χ3v) is 9.32. The van der Waals surface area contributed by atoms with Crippen molar-refractivity contribution >= 4 is 11.7 Å². The second-order valence-corrected chi connectivity index (χ2v) is 11.1. The minimum atomic E-state index is 0.0191. The third-order valence-electron chi connectivity index (χ3n) is 9.32. The summed E-state index contributed by atoms with van der Waals surface area (Å²) < 4.78 is 17.4. The van der Waals surface area contributed by atoms with Gasteiger partial charge >= 0.3 is 5.97 Å². The fourth-order valence-electron chi connectivity index (χ4n) is 7.44. The number of rotatable bonds is 4. The smallest absolute Gasteiger partial charge is 0.310 e. The standard InChI is InChI=1S/C26H36N2O4/c1-25-7-4-8-26(17-31-26)23(25)14-20-21(24(29)32-22(20)15-25)16-27-9-11-28(12-10-27)18-5-3-6-19(13-18)30-2/h3,5-6,13,20-23H,4,7-12,14-17H2,1-2H3/t20-,21+,22+,23-,25+,26+/m0/s1. The Hall–Kier alpha value is -1.79. The molecular weight excluding hydrogens is 404 g/mol. The van der Waals surface area contributed by atoms with Gasteiger partial charge in [-0.3, -0.25) is 9.69 Å². The molecule has 0 N–H and O–H groups in total. The van der Waals surface area contributed by atoms with Gasteiger partial charge in [-0.25, -0.2) is 0 Å². The summed E-state index contributed by atoms with van der Waals surface area (Å²) in [4.78, 5) is 17.8. The number of fused-ring (bicyclic) bond motifs is 3. The number of hydrogen-bond acceptors (Lipinski definition) is 6. The second kappa shape index (κ2) is 7.63. The normalized spacial score (nSPS) is 41.2. The number of carbonyl (C=O) groups excluding carboxylic acids is 1. The van der Waals surface area contributed by atoms with E-state index in [1.165, 1.54) is 24.9 Å². The maximum atomic E-state index is 13.0. The SMILES string of the molecule is COc1cccc(N2CCN(C[C@H]3C(=O)O[C@@H]4C[C@@]5(C)CCC[C@@]6(CO6)[C@H]5C[C@H]43)CC2)c1. The van der Waals surface area contributed by atoms with Crippen LogP contribution < -0.4 is 9.64 Å². The molecular formula is C26H36N2O4. The summed E-state index contributed by atoms with van der Waals surface area (Å²) in [6.07, 6.45) is 5.94. The number of methoxy groups -OCH3 is 1. The number of nitrogens with zero attached hydrogens (tertiary/aromatic N) is 2. The Bertz CT molecular complexity index is 878. The van der Waals surface area contributed by atoms with Gasteiger partial charge in [-0.05, 0) is 55.6 Å². The Morgan fingerprint density at radius 3 is 2.75 bits per heavy atom. The van der Waals surface area contributed by atoms with Crippen LogP contribution in [0.25, 0.3) is 0 Å². The predicted octanol–water partition coefficient (Wildman–Crippen LogP) is 3.34. The highest BCUT2D eigenvalue weighted by Crippen LogP contribution is 2.62. The minimum absolute atomic E-state index is 0.0191. The lowest BCUT2D eigenvalue weighted by molar-refractivity contribution is -0.147. The number of piperazine rings is 1. The molecule has 1 aromatic carbocycles. The quantitative estimate of drug-likeness (QED) is 0.529. The molecule has 0 unspecified atom stereocenters. The average Bonchev–Trinajstić information content (AvgIpc) is 3.51. The van der Waals surface area contributed by atoms with E-state index in [1.54, 1.807) is 7.11 Å². The predicted molar refractivity (Wildman–Crippen MR) is 122 cm³/mol. The lowest BCUT2D eigenvalue weighted by Gasteiger charge is -2.51. The molecule has 3 saturated heterocycles. The zero-order valence-corrected chi connectivity index (χ0v) is 19.4. The second-order valence-electron chi connectivity index (χ2n) is 11.1. The van der Waals surface area contributed by atoms with Gasteiger partial charge in [0, 0.05) is 50.4 Å². The van der Waals surface area contributed by atoms with Gasteiger partial charge in [-0.2, -0.15) is 0 Å². The number of anilines is 1. The Morgan fingerprint density at radius 1 is 1.19 bits per heavy atom. The number of carbonyl (C=O) groups is 1. The van der Waals surface area contributed by atoms with Crippen LogP contribution in [0, 0.1) is 23.2 Å². The maximum absolute atomic E-state index is 13.0. The largest absolute Gasteiger partial charge is 0.497 e. The Morgan fingerprint density at radius 2 is 2.00 bits per heavy atom. The van der Waals surface area contributed by atoms with Gasteiger partial charge in [0.05, 0.1) is 25.2 Å². The highest BCUT2D eigenvalue weighted by atomic mass is 16.6. The topological polar surface area (TPSA) is 54.5 Å². The molecule has 6 heteroatoms. The summed E-state index contributed by atoms with van der Waals surface area (Å²) in [6.45, 7) is 8.09. The molecule has 0 radical (unpaired) electrons. The summed E-state index contributed by atoms with van der Waals surface area (Å²) in [5, 5.41) is 0. The minimum Gasteiger partial charge on any atom is -0.497 e. The molecule has 3 aliphatic heterocycles. The first-order valence-corrected chi connectivity index (χ1v) is 12.5. The van der Waals surface area contributed by atoms with Crippen LogP contribution in [0.1, 0.15) is 39.0 Å². The van der Waals surface area contributed by atoms with Gasteiger partial charge in [0.15, 0.2) is 0 Å². The number of benzene rings is 1. The zero-order valence-electron chi connectivity index (χ0n) is 19.4. The number of hydrogen-bond donors (Lipinski definition) is 0. The Balaban J connectivity index is 1.11. The first-order chi connectivity index (χ1) is 15.5. The monoisotopic (exact) mass is 440 g/mol. The van der Waals surface area contributed by atoms with Crippen molar-refractivity contribution in [1.29, 1.82) is 0 Å². The van der Waals surface area contributed by atoms with Crippen LogP contribution in [0.2, 0.25) is 0 Å². The van der Waals surface area contributed by atoms with Crippen LogP contribution in [-0.4, -0.2) is 69.0 Å². The molecule has 1 spiro atoms. The molecule has 5 fully saturated rings. The van der Waals surface area contributed by atoms with E-state index < -0.39 is 0 Å². The maximum Gasteiger partial charge on any atom is 0.310 e. The number of epoxide rings is 1. The van der Waals surface area contributed by atoms with Crippen LogP contribution in [0.3, 0.4) is 0 Å². The van der Waals surface area contributed by atoms with Crippen LogP contribution in [0.5, 0.6) is 5.75 Å². The molecule has 6 nitrogen and oxygen atoms in total. The zero-order chi connectivity index (χ0) is 21.9. The molecule has 3 heterocycles. The van der Waals surface area contributed by atoms with Gasteiger partial charge in [-0.15, -0.1) is 0 Å². The van der Waals surface area contributed by atoms with Crippen molar-refractivity contribution in [1.82, 2.24) is 4.90 Å². The van der Waals surface area contributed by atoms with Crippen LogP contribution >= 0.6 is 0 Å². The van der Waals surface area contributed by atoms with E-state index in [2.05, 4.69) is 28.9 Å². The fourth-order valence-corrected chi connectivity index (χ4v) is 7.44. The van der Waals surface area contributed by atoms with E-state index in [-0.39, 0.29) is 29.0 Å². The van der Waals surface area contributed by atoms with E-state index >= 15 is 0 Å². The summed E-state index contributed by atoms with van der Waals surface area (Å²) in [6, 6.07) is 8.29. The number of esters is 1. The fraction of sp³-hybridized carbons (Fsp3) is 0.731. The lowest BCUT2D eigenvalue weighted by Crippen LogP contribution is -2.52. The first-order valence-electron chi connectivity index (χ1n) is 12.5. The summed E-state index contributed by atoms with van der Waals surface area (Å²) in [5.74, 6) is 1.91. The molecule has 6 atom stereocenters. The lowest BCUT2D eigenvalue weighted by atomic mass is 9.53. The molecule has 6 rings (SSSR count). The highest BCUT2D eigenvalue weighted by molar-refractivity contribution is 5.75. The molecule has 5 aliphatic rings. The summed E-state index contributed by atoms with van der Waals surface area (Å²) in [7, 11) is 1.71. The van der Waals surface area contributed by atoms with Crippen LogP contribution in [0.4, 0.5) is 5.69 Å². The highest BCUT2D eigenvalue weighted by Gasteiger charge is 2.65. The van der Waals surface area contributed by atoms with Gasteiger partial charge in [-0.1, -0.05) is 13.0 Å². The van der Waals surface area contributed by atoms with Crippen molar-refractivity contribution in [3.05, 3.63) is 24.3 Å². The van der Waals surface area contributed by atoms with E-state index in [9.17, 15) is 4.79 Å². The van der Waals surface area contributed by atoms with Crippen molar-refractivity contribution < 1.29 is 19.0 Å². The van der Waals surface area contributed by atoms with Crippen molar-refractivity contribution in [2.24, 2.45) is 23.2 Å². The summed E-state index contributed by atoms with van der Waals surface area (Å²) >= 11 is 0. The molecule has 0 aromatic heterocycles. The summed E-state index contributed by atoms with van der Waals surface area (Å²) in [5.41, 5.74) is 1.60. The van der Waals surface area contributed by atoms with Crippen molar-refractivity contribution in [3.63, 3.8) is 0 Å². The molecule has 32 heavy (non-hydrogen) atoms. The Kier molecular flexibility index (Phi) is 4.95. The molecule has 1 aromatic rings. The molecule has 2 aliphatic carbocycles. The van der Waals surface area contributed by atoms with E-state index in [1.807, 2.05) is 12.1 Å². The third kappa shape index (κ3) is 3.41. The first kappa shape index (κ1) is 20.8. The van der Waals surface area contributed by atoms with E-state index in [0.717, 1.165) is 57.9 Å². The van der Waals surface area contributed by atoms with Gasteiger partial charge in [0.2, 0.25) is 0 Å². The van der Waals surface area contributed by atoms with Crippen LogP contribution in [-0.2, 0) is 14.3 Å². The molecule has 2 saturated carbocycles. The van der Waals surface area contributed by atoms with Crippen LogP contribution in [0.15, 0.2) is 24.3 Å². The van der Waals surface area contributed by atoms with Gasteiger partial charge in [0.1, 0.15) is 11.9 Å². The van der Waals surface area contributed by atoms with Crippen molar-refractivity contribution in [2.75, 3.05) is 51.3 Å². The molecule has 0 amide bonds. The number of ether oxygens (including phenoxy) is 3.